The number of hydrogen-bond donors (Lipinski definition) is 1. The molecule has 1 N–H and O–H groups in total. The zero-order valence-corrected chi connectivity index (χ0v) is 14.7. The molecular weight excluding hydrogens is 342 g/mol. The maximum absolute atomic E-state index is 12.4. The molecule has 0 radical (unpaired) electrons. The maximum atomic E-state index is 12.4. The predicted octanol–water partition coefficient (Wildman–Crippen LogP) is 3.32. The number of aromatic nitrogens is 3. The molecule has 2 aromatic heterocycles. The maximum Gasteiger partial charge on any atom is 0.311 e. The van der Waals surface area contributed by atoms with E-state index in [1.165, 1.54) is 0 Å². The molecule has 2 heterocycles. The highest BCUT2D eigenvalue weighted by Gasteiger charge is 2.17. The van der Waals surface area contributed by atoms with Crippen LogP contribution in [0, 0.1) is 0 Å². The van der Waals surface area contributed by atoms with Gasteiger partial charge in [0.1, 0.15) is 0 Å². The fraction of sp³-hybridized carbons (Fsp3) is 0.143. The second kappa shape index (κ2) is 6.99. The zero-order chi connectivity index (χ0) is 18.8. The Morgan fingerprint density at radius 3 is 2.81 bits per heavy atom. The molecule has 0 aliphatic carbocycles. The van der Waals surface area contributed by atoms with Crippen LogP contribution >= 0.6 is 0 Å². The van der Waals surface area contributed by atoms with Crippen molar-refractivity contribution in [1.82, 2.24) is 15.0 Å². The van der Waals surface area contributed by atoms with Gasteiger partial charge in [0, 0.05) is 11.6 Å². The summed E-state index contributed by atoms with van der Waals surface area (Å²) in [7, 11) is 0. The van der Waals surface area contributed by atoms with Gasteiger partial charge < -0.3 is 9.72 Å². The molecule has 6 heteroatoms. The molecule has 2 aromatic carbocycles. The first-order valence-electron chi connectivity index (χ1n) is 8.63. The summed E-state index contributed by atoms with van der Waals surface area (Å²) >= 11 is 0. The fourth-order valence-corrected chi connectivity index (χ4v) is 3.06. The molecule has 27 heavy (non-hydrogen) atoms. The van der Waals surface area contributed by atoms with E-state index < -0.39 is 12.1 Å². The van der Waals surface area contributed by atoms with Gasteiger partial charge in [0.15, 0.2) is 11.9 Å². The minimum Gasteiger partial charge on any atom is -0.454 e. The minimum atomic E-state index is -0.669. The summed E-state index contributed by atoms with van der Waals surface area (Å²) in [4.78, 5) is 36.0. The Balaban J connectivity index is 1.55. The molecule has 0 fully saturated rings. The number of benzene rings is 2. The lowest BCUT2D eigenvalue weighted by Gasteiger charge is -2.13. The lowest BCUT2D eigenvalue weighted by molar-refractivity contribution is -0.148. The molecule has 4 aromatic rings. The van der Waals surface area contributed by atoms with Crippen molar-refractivity contribution in [1.29, 1.82) is 0 Å². The molecular formula is C21H17N3O3. The molecule has 1 atom stereocenters. The highest BCUT2D eigenvalue weighted by atomic mass is 16.5. The second-order valence-corrected chi connectivity index (χ2v) is 6.27. The molecule has 0 spiro atoms. The van der Waals surface area contributed by atoms with Crippen molar-refractivity contribution in [3.8, 4) is 0 Å². The third-order valence-corrected chi connectivity index (χ3v) is 4.38. The van der Waals surface area contributed by atoms with E-state index >= 15 is 0 Å². The van der Waals surface area contributed by atoms with E-state index in [1.807, 2.05) is 36.4 Å². The average molecular weight is 359 g/mol. The summed E-state index contributed by atoms with van der Waals surface area (Å²) in [5, 5.41) is 1.47. The van der Waals surface area contributed by atoms with Gasteiger partial charge in [-0.1, -0.05) is 36.4 Å². The Labute approximate surface area is 154 Å². The predicted molar refractivity (Wildman–Crippen MR) is 102 cm³/mol. The van der Waals surface area contributed by atoms with Crippen LogP contribution in [0.4, 0.5) is 0 Å². The van der Waals surface area contributed by atoms with Crippen LogP contribution < -0.4 is 5.56 Å². The Kier molecular flexibility index (Phi) is 4.38. The van der Waals surface area contributed by atoms with Crippen molar-refractivity contribution in [2.24, 2.45) is 0 Å². The number of fused-ring (bicyclic) bond motifs is 2. The standard InChI is InChI=1S/C21H17N3O3/c1-13(20-23-17-10-3-2-9-16(17)21(26)24-20)27-18(25)12-15-7-4-6-14-8-5-11-22-19(14)15/h2-11,13H,12H2,1H3,(H,23,24,26). The minimum absolute atomic E-state index is 0.0938. The highest BCUT2D eigenvalue weighted by molar-refractivity contribution is 5.85. The first-order chi connectivity index (χ1) is 13.1. The molecule has 4 rings (SSSR count). The number of nitrogens with zero attached hydrogens (tertiary/aromatic N) is 2. The topological polar surface area (TPSA) is 84.9 Å². The number of ether oxygens (including phenoxy) is 1. The van der Waals surface area contributed by atoms with Gasteiger partial charge >= 0.3 is 5.97 Å². The molecule has 0 bridgehead atoms. The van der Waals surface area contributed by atoms with Crippen LogP contribution in [0.25, 0.3) is 21.8 Å². The summed E-state index contributed by atoms with van der Waals surface area (Å²) in [6.07, 6.45) is 1.12. The lowest BCUT2D eigenvalue weighted by atomic mass is 10.1. The van der Waals surface area contributed by atoms with Gasteiger partial charge in [-0.2, -0.15) is 0 Å². The van der Waals surface area contributed by atoms with Crippen molar-refractivity contribution in [3.63, 3.8) is 0 Å². The largest absolute Gasteiger partial charge is 0.454 e. The van der Waals surface area contributed by atoms with Crippen LogP contribution in [0.2, 0.25) is 0 Å². The van der Waals surface area contributed by atoms with Crippen LogP contribution in [0.5, 0.6) is 0 Å². The van der Waals surface area contributed by atoms with E-state index in [2.05, 4.69) is 15.0 Å². The first kappa shape index (κ1) is 16.9. The number of hydrogen-bond acceptors (Lipinski definition) is 5. The molecule has 0 aliphatic heterocycles. The van der Waals surface area contributed by atoms with Gasteiger partial charge in [-0.15, -0.1) is 0 Å². The summed E-state index contributed by atoms with van der Waals surface area (Å²) in [5.74, 6) is -0.0837. The summed E-state index contributed by atoms with van der Waals surface area (Å²) in [5.41, 5.74) is 1.89. The van der Waals surface area contributed by atoms with E-state index in [-0.39, 0.29) is 12.0 Å². The Bertz CT molecular complexity index is 1190. The third-order valence-electron chi connectivity index (χ3n) is 4.38. The van der Waals surface area contributed by atoms with Crippen molar-refractivity contribution in [2.45, 2.75) is 19.4 Å². The average Bonchev–Trinajstić information content (AvgIpc) is 2.68. The number of rotatable bonds is 4. The number of carbonyl (C=O) groups excluding carboxylic acids is 1. The van der Waals surface area contributed by atoms with Crippen molar-refractivity contribution >= 4 is 27.8 Å². The highest BCUT2D eigenvalue weighted by Crippen LogP contribution is 2.19. The quantitative estimate of drug-likeness (QED) is 0.565. The van der Waals surface area contributed by atoms with Gasteiger partial charge in [-0.05, 0) is 30.7 Å². The lowest BCUT2D eigenvalue weighted by Crippen LogP contribution is -2.18. The van der Waals surface area contributed by atoms with Gasteiger partial charge in [0.25, 0.3) is 5.56 Å². The van der Waals surface area contributed by atoms with Gasteiger partial charge in [0.2, 0.25) is 0 Å². The number of esters is 1. The van der Waals surface area contributed by atoms with Gasteiger partial charge in [-0.3, -0.25) is 14.6 Å². The third kappa shape index (κ3) is 3.42. The fourth-order valence-electron chi connectivity index (χ4n) is 3.06. The van der Waals surface area contributed by atoms with E-state index in [9.17, 15) is 9.59 Å². The van der Waals surface area contributed by atoms with Crippen molar-refractivity contribution in [2.75, 3.05) is 0 Å². The van der Waals surface area contributed by atoms with Gasteiger partial charge in [-0.25, -0.2) is 4.98 Å². The molecule has 6 nitrogen and oxygen atoms in total. The van der Waals surface area contributed by atoms with Crippen LogP contribution in [0.15, 0.2) is 65.6 Å². The van der Waals surface area contributed by atoms with E-state index in [0.29, 0.717) is 16.7 Å². The van der Waals surface area contributed by atoms with Crippen LogP contribution in [-0.4, -0.2) is 20.9 Å². The monoisotopic (exact) mass is 359 g/mol. The number of carbonyl (C=O) groups is 1. The molecule has 1 unspecified atom stereocenters. The number of H-pyrrole nitrogens is 1. The second-order valence-electron chi connectivity index (χ2n) is 6.27. The van der Waals surface area contributed by atoms with E-state index in [1.54, 1.807) is 31.3 Å². The Hall–Kier alpha value is -3.54. The smallest absolute Gasteiger partial charge is 0.311 e. The molecule has 0 saturated heterocycles. The number of aromatic amines is 1. The van der Waals surface area contributed by atoms with E-state index in [0.717, 1.165) is 16.5 Å². The molecule has 0 aliphatic rings. The summed E-state index contributed by atoms with van der Waals surface area (Å²) < 4.78 is 5.49. The van der Waals surface area contributed by atoms with Crippen LogP contribution in [-0.2, 0) is 16.0 Å². The summed E-state index contributed by atoms with van der Waals surface area (Å²) in [6.45, 7) is 1.69. The van der Waals surface area contributed by atoms with E-state index in [4.69, 9.17) is 4.74 Å². The van der Waals surface area contributed by atoms with Crippen LogP contribution in [0.1, 0.15) is 24.4 Å². The number of nitrogens with one attached hydrogen (secondary N) is 1. The van der Waals surface area contributed by atoms with Crippen LogP contribution in [0.3, 0.4) is 0 Å². The molecule has 0 saturated carbocycles. The normalized spacial score (nSPS) is 12.2. The summed E-state index contributed by atoms with van der Waals surface area (Å²) in [6, 6.07) is 16.5. The molecule has 0 amide bonds. The van der Waals surface area contributed by atoms with Gasteiger partial charge in [0.05, 0.1) is 22.8 Å². The zero-order valence-electron chi connectivity index (χ0n) is 14.7. The van der Waals surface area contributed by atoms with Crippen molar-refractivity contribution < 1.29 is 9.53 Å². The Morgan fingerprint density at radius 1 is 1.11 bits per heavy atom. The number of pyridine rings is 1. The number of para-hydroxylation sites is 2. The SMILES string of the molecule is CC(OC(=O)Cc1cccc2cccnc12)c1nc2ccccc2c(=O)[nH]1. The first-order valence-corrected chi connectivity index (χ1v) is 8.63. The Morgan fingerprint density at radius 2 is 1.93 bits per heavy atom. The molecule has 134 valence electrons. The van der Waals surface area contributed by atoms with Crippen molar-refractivity contribution in [3.05, 3.63) is 82.5 Å².